The Hall–Kier alpha value is -3.03. The molecule has 2 aromatic heterocycles. The summed E-state index contributed by atoms with van der Waals surface area (Å²) in [5.74, 6) is -1.85. The average molecular weight is 397 g/mol. The second kappa shape index (κ2) is 7.42. The fraction of sp³-hybridized carbons (Fsp3) is 0.476. The third-order valence-electron chi connectivity index (χ3n) is 5.91. The van der Waals surface area contributed by atoms with Gasteiger partial charge in [0.2, 0.25) is 11.8 Å². The molecule has 1 aliphatic carbocycles. The highest BCUT2D eigenvalue weighted by molar-refractivity contribution is 6.07. The highest BCUT2D eigenvalue weighted by Gasteiger charge is 2.51. The summed E-state index contributed by atoms with van der Waals surface area (Å²) in [5, 5.41) is 0. The topological polar surface area (TPSA) is 98.0 Å². The number of carbonyl (C=O) groups is 3. The van der Waals surface area contributed by atoms with Gasteiger partial charge in [0, 0.05) is 12.3 Å². The van der Waals surface area contributed by atoms with Gasteiger partial charge in [-0.05, 0) is 38.3 Å². The molecule has 0 N–H and O–H groups in total. The molecule has 0 spiro atoms. The van der Waals surface area contributed by atoms with Gasteiger partial charge in [0.25, 0.3) is 5.56 Å². The fourth-order valence-corrected chi connectivity index (χ4v) is 4.32. The van der Waals surface area contributed by atoms with Crippen molar-refractivity contribution in [3.05, 3.63) is 46.0 Å². The molecule has 0 aromatic carbocycles. The lowest BCUT2D eigenvalue weighted by molar-refractivity contribution is -0.159. The van der Waals surface area contributed by atoms with Crippen LogP contribution in [0.2, 0.25) is 0 Å². The summed E-state index contributed by atoms with van der Waals surface area (Å²) in [6, 6.07) is 3.91. The van der Waals surface area contributed by atoms with Gasteiger partial charge < -0.3 is 4.74 Å². The molecule has 8 nitrogen and oxygen atoms in total. The molecular formula is C21H23N3O5. The van der Waals surface area contributed by atoms with E-state index in [1.54, 1.807) is 12.3 Å². The molecule has 2 fully saturated rings. The van der Waals surface area contributed by atoms with Crippen LogP contribution in [0.1, 0.15) is 43.9 Å². The van der Waals surface area contributed by atoms with Crippen LogP contribution >= 0.6 is 0 Å². The molecule has 4 rings (SSSR count). The summed E-state index contributed by atoms with van der Waals surface area (Å²) in [7, 11) is 0. The first-order valence-corrected chi connectivity index (χ1v) is 9.90. The molecule has 1 aliphatic heterocycles. The number of fused-ring (bicyclic) bond motifs is 2. The van der Waals surface area contributed by atoms with Crippen LogP contribution in [-0.2, 0) is 25.7 Å². The quantitative estimate of drug-likeness (QED) is 0.574. The number of carbonyl (C=O) groups excluding carboxylic acids is 3. The Morgan fingerprint density at radius 2 is 1.86 bits per heavy atom. The second-order valence-corrected chi connectivity index (χ2v) is 7.80. The van der Waals surface area contributed by atoms with Crippen LogP contribution in [0, 0.1) is 18.8 Å². The van der Waals surface area contributed by atoms with Crippen molar-refractivity contribution in [1.29, 1.82) is 0 Å². The number of rotatable bonds is 4. The molecule has 3 atom stereocenters. The van der Waals surface area contributed by atoms with E-state index in [4.69, 9.17) is 4.74 Å². The first kappa shape index (κ1) is 19.3. The summed E-state index contributed by atoms with van der Waals surface area (Å²) in [5.41, 5.74) is 1.36. The standard InChI is InChI=1S/C21H23N3O5/c1-12-6-5-9-23-17(25)10-14(22-18(12)23)11-29-21(28)13(2)24-19(26)15-7-3-4-8-16(15)20(24)27/h5-6,9-10,13,15-16H,3-4,7-8,11H2,1-2H3/t13-,15+,16+/m0/s1. The molecule has 0 radical (unpaired) electrons. The number of aryl methyl sites for hydroxylation is 1. The second-order valence-electron chi connectivity index (χ2n) is 7.80. The Kier molecular flexibility index (Phi) is 4.94. The molecule has 152 valence electrons. The number of nitrogens with zero attached hydrogens (tertiary/aromatic N) is 3. The largest absolute Gasteiger partial charge is 0.458 e. The van der Waals surface area contributed by atoms with Gasteiger partial charge in [-0.25, -0.2) is 9.78 Å². The zero-order valence-corrected chi connectivity index (χ0v) is 16.5. The van der Waals surface area contributed by atoms with Gasteiger partial charge in [-0.15, -0.1) is 0 Å². The number of aromatic nitrogens is 2. The molecule has 8 heteroatoms. The van der Waals surface area contributed by atoms with Crippen LogP contribution in [0.15, 0.2) is 29.2 Å². The molecule has 0 bridgehead atoms. The maximum atomic E-state index is 12.6. The maximum Gasteiger partial charge on any atom is 0.329 e. The predicted octanol–water partition coefficient (Wildman–Crippen LogP) is 1.61. The summed E-state index contributed by atoms with van der Waals surface area (Å²) < 4.78 is 6.72. The van der Waals surface area contributed by atoms with Crippen molar-refractivity contribution in [3.63, 3.8) is 0 Å². The lowest BCUT2D eigenvalue weighted by Gasteiger charge is -2.21. The molecule has 2 amide bonds. The Balaban J connectivity index is 1.48. The zero-order chi connectivity index (χ0) is 20.7. The van der Waals surface area contributed by atoms with Crippen LogP contribution in [0.5, 0.6) is 0 Å². The average Bonchev–Trinajstić information content (AvgIpc) is 2.97. The van der Waals surface area contributed by atoms with Gasteiger partial charge in [0.05, 0.1) is 17.5 Å². The van der Waals surface area contributed by atoms with Gasteiger partial charge in [-0.3, -0.25) is 23.7 Å². The highest BCUT2D eigenvalue weighted by atomic mass is 16.5. The van der Waals surface area contributed by atoms with E-state index in [2.05, 4.69) is 4.98 Å². The smallest absolute Gasteiger partial charge is 0.329 e. The zero-order valence-electron chi connectivity index (χ0n) is 16.5. The minimum atomic E-state index is -0.996. The number of esters is 1. The molecular weight excluding hydrogens is 374 g/mol. The Morgan fingerprint density at radius 1 is 1.21 bits per heavy atom. The number of ether oxygens (including phenoxy) is 1. The Bertz CT molecular complexity index is 1040. The minimum absolute atomic E-state index is 0.202. The van der Waals surface area contributed by atoms with E-state index in [-0.39, 0.29) is 35.8 Å². The van der Waals surface area contributed by atoms with Gasteiger partial charge in [0.15, 0.2) is 0 Å². The number of hydrogen-bond acceptors (Lipinski definition) is 6. The highest BCUT2D eigenvalue weighted by Crippen LogP contribution is 2.38. The van der Waals surface area contributed by atoms with Gasteiger partial charge in [0.1, 0.15) is 18.3 Å². The molecule has 1 saturated heterocycles. The number of amides is 2. The van der Waals surface area contributed by atoms with Crippen LogP contribution < -0.4 is 5.56 Å². The van der Waals surface area contributed by atoms with Crippen LogP contribution in [-0.4, -0.2) is 38.1 Å². The van der Waals surface area contributed by atoms with Crippen molar-refractivity contribution >= 4 is 23.4 Å². The van der Waals surface area contributed by atoms with Gasteiger partial charge in [-0.2, -0.15) is 0 Å². The first-order chi connectivity index (χ1) is 13.9. The van der Waals surface area contributed by atoms with E-state index in [1.807, 2.05) is 13.0 Å². The van der Waals surface area contributed by atoms with Crippen LogP contribution in [0.3, 0.4) is 0 Å². The monoisotopic (exact) mass is 397 g/mol. The summed E-state index contributed by atoms with van der Waals surface area (Å²) in [6.07, 6.45) is 4.86. The van der Waals surface area contributed by atoms with E-state index in [1.165, 1.54) is 17.4 Å². The number of hydrogen-bond donors (Lipinski definition) is 0. The Morgan fingerprint density at radius 3 is 2.52 bits per heavy atom. The molecule has 2 aromatic rings. The van der Waals surface area contributed by atoms with Crippen LogP contribution in [0.25, 0.3) is 5.65 Å². The first-order valence-electron chi connectivity index (χ1n) is 9.90. The minimum Gasteiger partial charge on any atom is -0.458 e. The fourth-order valence-electron chi connectivity index (χ4n) is 4.32. The maximum absolute atomic E-state index is 12.6. The Labute approximate surface area is 167 Å². The van der Waals surface area contributed by atoms with Crippen molar-refractivity contribution in [1.82, 2.24) is 14.3 Å². The summed E-state index contributed by atoms with van der Waals surface area (Å²) in [6.45, 7) is 3.14. The lowest BCUT2D eigenvalue weighted by atomic mass is 9.81. The van der Waals surface area contributed by atoms with E-state index in [9.17, 15) is 19.2 Å². The molecule has 3 heterocycles. The summed E-state index contributed by atoms with van der Waals surface area (Å²) >= 11 is 0. The number of pyridine rings is 1. The predicted molar refractivity (Wildman–Crippen MR) is 103 cm³/mol. The van der Waals surface area contributed by atoms with Crippen molar-refractivity contribution in [3.8, 4) is 0 Å². The van der Waals surface area contributed by atoms with Gasteiger partial charge >= 0.3 is 5.97 Å². The van der Waals surface area contributed by atoms with Crippen molar-refractivity contribution in [2.75, 3.05) is 0 Å². The van der Waals surface area contributed by atoms with Crippen molar-refractivity contribution in [2.24, 2.45) is 11.8 Å². The number of likely N-dealkylation sites (tertiary alicyclic amines) is 1. The normalized spacial score (nSPS) is 22.6. The van der Waals surface area contributed by atoms with Gasteiger partial charge in [-0.1, -0.05) is 18.9 Å². The van der Waals surface area contributed by atoms with Crippen molar-refractivity contribution in [2.45, 2.75) is 52.2 Å². The third-order valence-corrected chi connectivity index (χ3v) is 5.91. The van der Waals surface area contributed by atoms with E-state index < -0.39 is 12.0 Å². The van der Waals surface area contributed by atoms with Crippen molar-refractivity contribution < 1.29 is 19.1 Å². The SMILES string of the molecule is Cc1cccn2c(=O)cc(COC(=O)[C@H](C)N3C(=O)[C@@H]4CCCC[C@H]4C3=O)nc12. The third kappa shape index (κ3) is 3.32. The summed E-state index contributed by atoms with van der Waals surface area (Å²) in [4.78, 5) is 55.5. The van der Waals surface area contributed by atoms with E-state index >= 15 is 0 Å². The van der Waals surface area contributed by atoms with E-state index in [0.717, 1.165) is 23.3 Å². The lowest BCUT2D eigenvalue weighted by Crippen LogP contribution is -2.44. The van der Waals surface area contributed by atoms with Crippen LogP contribution in [0.4, 0.5) is 0 Å². The number of imide groups is 1. The van der Waals surface area contributed by atoms with E-state index in [0.29, 0.717) is 24.2 Å². The molecule has 29 heavy (non-hydrogen) atoms. The molecule has 0 unspecified atom stereocenters. The molecule has 2 aliphatic rings. The molecule has 1 saturated carbocycles.